The van der Waals surface area contributed by atoms with Crippen LogP contribution in [0.4, 0.5) is 0 Å². The lowest BCUT2D eigenvalue weighted by Gasteiger charge is -2.25. The van der Waals surface area contributed by atoms with E-state index in [2.05, 4.69) is 0 Å². The van der Waals surface area contributed by atoms with Crippen molar-refractivity contribution in [2.24, 2.45) is 0 Å². The number of methoxy groups -OCH3 is 1. The van der Waals surface area contributed by atoms with Crippen LogP contribution in [0.5, 0.6) is 5.75 Å². The smallest absolute Gasteiger partial charge is 0.269 e. The Bertz CT molecular complexity index is 926. The molecule has 0 saturated heterocycles. The van der Waals surface area contributed by atoms with Crippen LogP contribution < -0.4 is 4.74 Å². The zero-order valence-electron chi connectivity index (χ0n) is 15.1. The van der Waals surface area contributed by atoms with Crippen LogP contribution in [-0.2, 0) is 14.3 Å². The first-order chi connectivity index (χ1) is 13.1. The number of fused-ring (bicyclic) bond motifs is 1. The van der Waals surface area contributed by atoms with Gasteiger partial charge in [-0.1, -0.05) is 25.3 Å². The SMILES string of the molecule is COC1=C/C(=C2\Oc3cc(C4CCCCC4)ccc3C(=O)C2=O)C=CC1=O. The summed E-state index contributed by atoms with van der Waals surface area (Å²) >= 11 is 0. The molecule has 3 aliphatic rings. The van der Waals surface area contributed by atoms with Gasteiger partial charge in [-0.15, -0.1) is 0 Å². The Morgan fingerprint density at radius 2 is 1.78 bits per heavy atom. The van der Waals surface area contributed by atoms with Crippen molar-refractivity contribution in [2.45, 2.75) is 38.0 Å². The summed E-state index contributed by atoms with van der Waals surface area (Å²) in [5, 5.41) is 0. The second-order valence-corrected chi connectivity index (χ2v) is 7.05. The van der Waals surface area contributed by atoms with E-state index in [1.165, 1.54) is 44.6 Å². The number of ketones is 3. The molecule has 1 heterocycles. The summed E-state index contributed by atoms with van der Waals surface area (Å²) in [4.78, 5) is 36.8. The van der Waals surface area contributed by atoms with Gasteiger partial charge in [0.1, 0.15) is 5.75 Å². The number of ether oxygens (including phenoxy) is 2. The maximum absolute atomic E-state index is 12.6. The first kappa shape index (κ1) is 17.5. The number of hydrogen-bond acceptors (Lipinski definition) is 5. The van der Waals surface area contributed by atoms with Gasteiger partial charge >= 0.3 is 0 Å². The molecular weight excluding hydrogens is 344 g/mol. The fourth-order valence-electron chi connectivity index (χ4n) is 3.88. The third-order valence-electron chi connectivity index (χ3n) is 5.38. The van der Waals surface area contributed by atoms with Crippen molar-refractivity contribution in [2.75, 3.05) is 7.11 Å². The fraction of sp³-hybridized carbons (Fsp3) is 0.318. The minimum atomic E-state index is -0.714. The van der Waals surface area contributed by atoms with Crippen LogP contribution >= 0.6 is 0 Å². The number of allylic oxidation sites excluding steroid dienone is 5. The highest BCUT2D eigenvalue weighted by atomic mass is 16.5. The van der Waals surface area contributed by atoms with Gasteiger partial charge in [-0.2, -0.15) is 0 Å². The molecule has 0 aromatic heterocycles. The molecule has 0 spiro atoms. The number of carbonyl (C=O) groups excluding carboxylic acids is 3. The lowest BCUT2D eigenvalue weighted by atomic mass is 9.83. The van der Waals surface area contributed by atoms with Crippen LogP contribution in [0.1, 0.15) is 53.9 Å². The molecule has 2 aliphatic carbocycles. The summed E-state index contributed by atoms with van der Waals surface area (Å²) in [6.45, 7) is 0. The Hall–Kier alpha value is -2.95. The lowest BCUT2D eigenvalue weighted by molar-refractivity contribution is -0.115. The molecule has 1 fully saturated rings. The van der Waals surface area contributed by atoms with Gasteiger partial charge in [-0.3, -0.25) is 14.4 Å². The second-order valence-electron chi connectivity index (χ2n) is 7.05. The van der Waals surface area contributed by atoms with Crippen LogP contribution in [0, 0.1) is 0 Å². The summed E-state index contributed by atoms with van der Waals surface area (Å²) in [5.74, 6) is -0.694. The van der Waals surface area contributed by atoms with Gasteiger partial charge in [0.25, 0.3) is 5.78 Å². The average Bonchev–Trinajstić information content (AvgIpc) is 2.71. The van der Waals surface area contributed by atoms with E-state index in [4.69, 9.17) is 9.47 Å². The highest BCUT2D eigenvalue weighted by molar-refractivity contribution is 6.50. The topological polar surface area (TPSA) is 69.7 Å². The summed E-state index contributed by atoms with van der Waals surface area (Å²) in [6.07, 6.45) is 10.1. The Labute approximate surface area is 157 Å². The molecular formula is C22H20O5. The van der Waals surface area contributed by atoms with Crippen molar-refractivity contribution >= 4 is 17.3 Å². The normalized spacial score (nSPS) is 23.0. The quantitative estimate of drug-likeness (QED) is 0.590. The van der Waals surface area contributed by atoms with Crippen LogP contribution in [0.25, 0.3) is 0 Å². The molecule has 4 rings (SSSR count). The molecule has 1 aliphatic heterocycles. The number of Topliss-reactive ketones (excluding diaryl/α,β-unsaturated/α-hetero) is 2. The van der Waals surface area contributed by atoms with E-state index in [1.807, 2.05) is 12.1 Å². The molecule has 0 amide bonds. The zero-order chi connectivity index (χ0) is 19.0. The molecule has 138 valence electrons. The summed E-state index contributed by atoms with van der Waals surface area (Å²) in [7, 11) is 1.38. The number of carbonyl (C=O) groups is 3. The molecule has 27 heavy (non-hydrogen) atoms. The molecule has 1 aromatic rings. The van der Waals surface area contributed by atoms with Gasteiger partial charge < -0.3 is 9.47 Å². The summed E-state index contributed by atoms with van der Waals surface area (Å²) in [5.41, 5.74) is 1.79. The van der Waals surface area contributed by atoms with Gasteiger partial charge in [0.2, 0.25) is 11.6 Å². The highest BCUT2D eigenvalue weighted by Gasteiger charge is 2.34. The molecule has 1 aromatic carbocycles. The molecule has 0 atom stereocenters. The van der Waals surface area contributed by atoms with Crippen molar-refractivity contribution < 1.29 is 23.9 Å². The predicted molar refractivity (Wildman–Crippen MR) is 98.5 cm³/mol. The van der Waals surface area contributed by atoms with E-state index in [0.717, 1.165) is 18.4 Å². The van der Waals surface area contributed by atoms with Gasteiger partial charge in [0, 0.05) is 5.57 Å². The maximum Gasteiger partial charge on any atom is 0.269 e. The third kappa shape index (κ3) is 3.14. The first-order valence-corrected chi connectivity index (χ1v) is 9.21. The highest BCUT2D eigenvalue weighted by Crippen LogP contribution is 2.37. The van der Waals surface area contributed by atoms with Crippen LogP contribution in [0.2, 0.25) is 0 Å². The monoisotopic (exact) mass is 364 g/mol. The van der Waals surface area contributed by atoms with Crippen molar-refractivity contribution in [3.63, 3.8) is 0 Å². The van der Waals surface area contributed by atoms with Crippen LogP contribution in [-0.4, -0.2) is 24.5 Å². The molecule has 5 heteroatoms. The predicted octanol–water partition coefficient (Wildman–Crippen LogP) is 3.80. The van der Waals surface area contributed by atoms with E-state index in [-0.39, 0.29) is 22.9 Å². The maximum atomic E-state index is 12.6. The largest absolute Gasteiger partial charge is 0.493 e. The fourth-order valence-corrected chi connectivity index (χ4v) is 3.88. The third-order valence-corrected chi connectivity index (χ3v) is 5.38. The van der Waals surface area contributed by atoms with Gasteiger partial charge in [-0.05, 0) is 54.7 Å². The second kappa shape index (κ2) is 6.99. The Morgan fingerprint density at radius 3 is 2.52 bits per heavy atom. The van der Waals surface area contributed by atoms with E-state index in [9.17, 15) is 14.4 Å². The average molecular weight is 364 g/mol. The van der Waals surface area contributed by atoms with E-state index in [0.29, 0.717) is 17.2 Å². The van der Waals surface area contributed by atoms with Crippen molar-refractivity contribution in [3.8, 4) is 5.75 Å². The summed E-state index contributed by atoms with van der Waals surface area (Å²) < 4.78 is 10.9. The van der Waals surface area contributed by atoms with Crippen LogP contribution in [0.15, 0.2) is 53.5 Å². The van der Waals surface area contributed by atoms with Gasteiger partial charge in [0.05, 0.1) is 12.7 Å². The van der Waals surface area contributed by atoms with E-state index < -0.39 is 11.6 Å². The van der Waals surface area contributed by atoms with Crippen molar-refractivity contribution in [3.05, 3.63) is 64.6 Å². The Kier molecular flexibility index (Phi) is 4.52. The molecule has 0 radical (unpaired) electrons. The number of rotatable bonds is 2. The van der Waals surface area contributed by atoms with Gasteiger partial charge in [-0.25, -0.2) is 0 Å². The number of hydrogen-bond donors (Lipinski definition) is 0. The molecule has 1 saturated carbocycles. The van der Waals surface area contributed by atoms with Crippen molar-refractivity contribution in [1.82, 2.24) is 0 Å². The molecule has 0 N–H and O–H groups in total. The Morgan fingerprint density at radius 1 is 1.00 bits per heavy atom. The molecule has 0 bridgehead atoms. The lowest BCUT2D eigenvalue weighted by Crippen LogP contribution is -2.27. The Balaban J connectivity index is 1.74. The van der Waals surface area contributed by atoms with Gasteiger partial charge in [0.15, 0.2) is 11.5 Å². The minimum Gasteiger partial charge on any atom is -0.493 e. The van der Waals surface area contributed by atoms with Crippen molar-refractivity contribution in [1.29, 1.82) is 0 Å². The zero-order valence-corrected chi connectivity index (χ0v) is 15.1. The van der Waals surface area contributed by atoms with E-state index >= 15 is 0 Å². The van der Waals surface area contributed by atoms with Crippen LogP contribution in [0.3, 0.4) is 0 Å². The summed E-state index contributed by atoms with van der Waals surface area (Å²) in [6, 6.07) is 5.51. The molecule has 5 nitrogen and oxygen atoms in total. The minimum absolute atomic E-state index is 0.0633. The standard InChI is InChI=1S/C22H20O5/c1-26-19-12-15(8-10-17(19)23)22-21(25)20(24)16-9-7-14(11-18(16)27-22)13-5-3-2-4-6-13/h7-13H,2-6H2,1H3/b22-15-. The van der Waals surface area contributed by atoms with E-state index in [1.54, 1.807) is 6.07 Å². The first-order valence-electron chi connectivity index (χ1n) is 9.21. The molecule has 0 unspecified atom stereocenters. The number of benzene rings is 1.